The van der Waals surface area contributed by atoms with Crippen molar-refractivity contribution in [1.82, 2.24) is 0 Å². The topological polar surface area (TPSA) is 33.4 Å². The first-order valence-corrected chi connectivity index (χ1v) is 5.99. The zero-order valence-corrected chi connectivity index (χ0v) is 10.1. The highest BCUT2D eigenvalue weighted by Crippen LogP contribution is 2.31. The first-order chi connectivity index (χ1) is 8.13. The summed E-state index contributed by atoms with van der Waals surface area (Å²) in [5.41, 5.74) is 0.227. The van der Waals surface area contributed by atoms with Crippen molar-refractivity contribution in [1.29, 1.82) is 0 Å². The molecule has 0 saturated heterocycles. The van der Waals surface area contributed by atoms with Gasteiger partial charge in [-0.3, -0.25) is 0 Å². The van der Waals surface area contributed by atoms with E-state index in [1.54, 1.807) is 18.2 Å². The molecule has 1 heterocycles. The molecular weight excluding hydrogens is 219 g/mol. The van der Waals surface area contributed by atoms with Crippen LogP contribution < -0.4 is 0 Å². The monoisotopic (exact) mass is 236 g/mol. The standard InChI is InChI=1S/C14H17FO2/c1-3-5-9(2)13(16)12-8-10-6-4-7-11(15)14(10)17-12/h4,6-9,13,16H,3,5H2,1-2H3. The molecule has 0 spiro atoms. The largest absolute Gasteiger partial charge is 0.455 e. The number of benzene rings is 1. The van der Waals surface area contributed by atoms with Gasteiger partial charge in [-0.25, -0.2) is 4.39 Å². The zero-order valence-electron chi connectivity index (χ0n) is 10.1. The molecule has 0 fully saturated rings. The molecule has 0 amide bonds. The molecule has 0 bridgehead atoms. The lowest BCUT2D eigenvalue weighted by Crippen LogP contribution is -2.07. The van der Waals surface area contributed by atoms with Crippen molar-refractivity contribution in [3.8, 4) is 0 Å². The van der Waals surface area contributed by atoms with E-state index in [0.717, 1.165) is 12.8 Å². The van der Waals surface area contributed by atoms with Gasteiger partial charge in [0.2, 0.25) is 0 Å². The summed E-state index contributed by atoms with van der Waals surface area (Å²) in [6, 6.07) is 6.49. The second-order valence-electron chi connectivity index (χ2n) is 4.52. The van der Waals surface area contributed by atoms with Gasteiger partial charge in [0, 0.05) is 5.39 Å². The van der Waals surface area contributed by atoms with Crippen molar-refractivity contribution in [3.05, 3.63) is 35.8 Å². The summed E-state index contributed by atoms with van der Waals surface area (Å²) in [6.45, 7) is 4.04. The van der Waals surface area contributed by atoms with Gasteiger partial charge in [0.15, 0.2) is 11.4 Å². The zero-order chi connectivity index (χ0) is 12.4. The van der Waals surface area contributed by atoms with Crippen LogP contribution in [0.15, 0.2) is 28.7 Å². The quantitative estimate of drug-likeness (QED) is 0.869. The fraction of sp³-hybridized carbons (Fsp3) is 0.429. The van der Waals surface area contributed by atoms with E-state index in [1.807, 2.05) is 6.92 Å². The first-order valence-electron chi connectivity index (χ1n) is 5.99. The molecule has 0 saturated carbocycles. The summed E-state index contributed by atoms with van der Waals surface area (Å²) in [4.78, 5) is 0. The van der Waals surface area contributed by atoms with Gasteiger partial charge in [-0.15, -0.1) is 0 Å². The summed E-state index contributed by atoms with van der Waals surface area (Å²) in [6.07, 6.45) is 1.26. The van der Waals surface area contributed by atoms with Crippen LogP contribution in [0.25, 0.3) is 11.0 Å². The fourth-order valence-corrected chi connectivity index (χ4v) is 2.09. The Kier molecular flexibility index (Phi) is 3.48. The smallest absolute Gasteiger partial charge is 0.170 e. The summed E-state index contributed by atoms with van der Waals surface area (Å²) in [7, 11) is 0. The summed E-state index contributed by atoms with van der Waals surface area (Å²) >= 11 is 0. The van der Waals surface area contributed by atoms with Gasteiger partial charge in [-0.2, -0.15) is 0 Å². The Balaban J connectivity index is 2.33. The average molecular weight is 236 g/mol. The lowest BCUT2D eigenvalue weighted by atomic mass is 9.97. The molecule has 17 heavy (non-hydrogen) atoms. The number of aliphatic hydroxyl groups is 1. The van der Waals surface area contributed by atoms with Crippen LogP contribution in [0.5, 0.6) is 0 Å². The highest BCUT2D eigenvalue weighted by atomic mass is 19.1. The van der Waals surface area contributed by atoms with Crippen molar-refractivity contribution in [2.75, 3.05) is 0 Å². The lowest BCUT2D eigenvalue weighted by Gasteiger charge is -2.15. The Hall–Kier alpha value is -1.35. The molecule has 0 radical (unpaired) electrons. The maximum atomic E-state index is 13.4. The van der Waals surface area contributed by atoms with E-state index in [9.17, 15) is 9.50 Å². The third-order valence-corrected chi connectivity index (χ3v) is 3.09. The first kappa shape index (κ1) is 12.1. The van der Waals surface area contributed by atoms with Crippen molar-refractivity contribution in [2.45, 2.75) is 32.8 Å². The van der Waals surface area contributed by atoms with Crippen LogP contribution >= 0.6 is 0 Å². The van der Waals surface area contributed by atoms with Gasteiger partial charge in [0.05, 0.1) is 0 Å². The second-order valence-corrected chi connectivity index (χ2v) is 4.52. The minimum absolute atomic E-state index is 0.114. The maximum absolute atomic E-state index is 13.4. The van der Waals surface area contributed by atoms with E-state index in [0.29, 0.717) is 11.1 Å². The Labute approximate surface area is 100 Å². The van der Waals surface area contributed by atoms with E-state index >= 15 is 0 Å². The normalized spacial score (nSPS) is 15.1. The van der Waals surface area contributed by atoms with Crippen LogP contribution in [-0.4, -0.2) is 5.11 Å². The summed E-state index contributed by atoms with van der Waals surface area (Å²) in [5, 5.41) is 10.8. The summed E-state index contributed by atoms with van der Waals surface area (Å²) in [5.74, 6) is 0.179. The highest BCUT2D eigenvalue weighted by molar-refractivity contribution is 5.78. The predicted molar refractivity (Wildman–Crippen MR) is 65.2 cm³/mol. The Morgan fingerprint density at radius 1 is 1.41 bits per heavy atom. The number of halogens is 1. The highest BCUT2D eigenvalue weighted by Gasteiger charge is 2.20. The Bertz CT molecular complexity index is 504. The van der Waals surface area contributed by atoms with Gasteiger partial charge >= 0.3 is 0 Å². The molecule has 1 N–H and O–H groups in total. The van der Waals surface area contributed by atoms with Crippen LogP contribution in [-0.2, 0) is 0 Å². The number of hydrogen-bond donors (Lipinski definition) is 1. The molecule has 92 valence electrons. The fourth-order valence-electron chi connectivity index (χ4n) is 2.09. The third kappa shape index (κ3) is 2.34. The Morgan fingerprint density at radius 2 is 2.18 bits per heavy atom. The van der Waals surface area contributed by atoms with Crippen LogP contribution in [0.3, 0.4) is 0 Å². The van der Waals surface area contributed by atoms with E-state index in [-0.39, 0.29) is 17.3 Å². The van der Waals surface area contributed by atoms with Gasteiger partial charge in [0.25, 0.3) is 0 Å². The number of para-hydroxylation sites is 1. The van der Waals surface area contributed by atoms with Crippen molar-refractivity contribution < 1.29 is 13.9 Å². The van der Waals surface area contributed by atoms with E-state index in [4.69, 9.17) is 4.42 Å². The van der Waals surface area contributed by atoms with Gasteiger partial charge < -0.3 is 9.52 Å². The molecule has 0 aliphatic carbocycles. The van der Waals surface area contributed by atoms with Crippen LogP contribution in [0.4, 0.5) is 4.39 Å². The molecular formula is C14H17FO2. The molecule has 2 atom stereocenters. The SMILES string of the molecule is CCCC(C)C(O)c1cc2cccc(F)c2o1. The molecule has 1 aromatic heterocycles. The van der Waals surface area contributed by atoms with Gasteiger partial charge in [-0.1, -0.05) is 32.4 Å². The molecule has 2 nitrogen and oxygen atoms in total. The number of aliphatic hydroxyl groups excluding tert-OH is 1. The molecule has 0 aliphatic rings. The van der Waals surface area contributed by atoms with Crippen molar-refractivity contribution >= 4 is 11.0 Å². The minimum atomic E-state index is -0.665. The molecule has 1 aromatic carbocycles. The average Bonchev–Trinajstić information content (AvgIpc) is 2.73. The van der Waals surface area contributed by atoms with Gasteiger partial charge in [0.1, 0.15) is 11.9 Å². The number of rotatable bonds is 4. The number of furan rings is 1. The molecule has 3 heteroatoms. The molecule has 2 unspecified atom stereocenters. The molecule has 2 aromatic rings. The van der Waals surface area contributed by atoms with Crippen molar-refractivity contribution in [2.24, 2.45) is 5.92 Å². The maximum Gasteiger partial charge on any atom is 0.170 e. The molecule has 2 rings (SSSR count). The second kappa shape index (κ2) is 4.88. The predicted octanol–water partition coefficient (Wildman–Crippen LogP) is 4.04. The lowest BCUT2D eigenvalue weighted by molar-refractivity contribution is 0.0911. The van der Waals surface area contributed by atoms with Crippen LogP contribution in [0.1, 0.15) is 38.6 Å². The minimum Gasteiger partial charge on any atom is -0.455 e. The van der Waals surface area contributed by atoms with Crippen molar-refractivity contribution in [3.63, 3.8) is 0 Å². The van der Waals surface area contributed by atoms with E-state index in [2.05, 4.69) is 6.92 Å². The van der Waals surface area contributed by atoms with Crippen LogP contribution in [0, 0.1) is 11.7 Å². The molecule has 0 aliphatic heterocycles. The third-order valence-electron chi connectivity index (χ3n) is 3.09. The van der Waals surface area contributed by atoms with Crippen LogP contribution in [0.2, 0.25) is 0 Å². The Morgan fingerprint density at radius 3 is 2.82 bits per heavy atom. The number of hydrogen-bond acceptors (Lipinski definition) is 2. The van der Waals surface area contributed by atoms with E-state index in [1.165, 1.54) is 6.07 Å². The number of fused-ring (bicyclic) bond motifs is 1. The van der Waals surface area contributed by atoms with Gasteiger partial charge in [-0.05, 0) is 24.5 Å². The van der Waals surface area contributed by atoms with E-state index < -0.39 is 6.10 Å². The summed E-state index contributed by atoms with van der Waals surface area (Å²) < 4.78 is 18.8.